The summed E-state index contributed by atoms with van der Waals surface area (Å²) < 4.78 is 133. The Morgan fingerprint density at radius 3 is 1.83 bits per heavy atom. The molecule has 0 radical (unpaired) electrons. The molecule has 0 aliphatic carbocycles. The van der Waals surface area contributed by atoms with Gasteiger partial charge in [0.1, 0.15) is 29.5 Å². The smallest absolute Gasteiger partial charge is 0.407 e. The van der Waals surface area contributed by atoms with Crippen LogP contribution in [-0.4, -0.2) is 157 Å². The van der Waals surface area contributed by atoms with Crippen molar-refractivity contribution in [3.63, 3.8) is 0 Å². The molecule has 2 bridgehead atoms. The monoisotopic (exact) mass is 1080 g/mol. The van der Waals surface area contributed by atoms with Crippen molar-refractivity contribution in [3.05, 3.63) is 94.2 Å². The molecule has 6 N–H and O–H groups in total. The van der Waals surface area contributed by atoms with Crippen molar-refractivity contribution < 1.29 is 78.7 Å². The molecule has 76 heavy (non-hydrogen) atoms. The maximum atomic E-state index is 15.8. The van der Waals surface area contributed by atoms with Gasteiger partial charge >= 0.3 is 24.5 Å². The maximum Gasteiger partial charge on any atom is 0.407 e. The number of amides is 4. The van der Waals surface area contributed by atoms with Gasteiger partial charge in [0, 0.05) is 67.1 Å². The van der Waals surface area contributed by atoms with Crippen LogP contribution < -0.4 is 26.3 Å². The van der Waals surface area contributed by atoms with Gasteiger partial charge in [0.2, 0.25) is 5.91 Å². The molecule has 4 saturated heterocycles. The predicted octanol–water partition coefficient (Wildman–Crippen LogP) is 5.38. The fourth-order valence-electron chi connectivity index (χ4n) is 9.56. The van der Waals surface area contributed by atoms with Crippen LogP contribution in [0.1, 0.15) is 74.3 Å². The standard InChI is InChI=1S/C51H60F8N8O9/c1-48(2,50(54,55)56)42(63-47(73)74-5)44(69)61-39(16-29-9-6-28(7-10-29)8-11-30-12-15-41(60-19-30)65-20-33-13-14-34(21-65)67(33)35-26-76-27-35)40(68)23-66(22-36-37(52)17-31(18-38(36)53)32-24-75-25-32)64-45(70)43(62-46(71)72)49(3,4)51(57,58)59/h6-7,9-10,12,15,17-19,32-35,39-40,42-43,62,68H,13-14,16,20-27H2,1-5H3,(H,61,69)(H,63,73)(H,64,70)(H,71,72). The molecule has 6 unspecified atom stereocenters. The first-order valence-corrected chi connectivity index (χ1v) is 24.4. The zero-order valence-corrected chi connectivity index (χ0v) is 42.2. The van der Waals surface area contributed by atoms with Gasteiger partial charge in [-0.2, -0.15) is 26.3 Å². The van der Waals surface area contributed by atoms with Crippen molar-refractivity contribution in [2.45, 2.75) is 114 Å². The number of benzene rings is 2. The number of nitrogens with zero attached hydrogens (tertiary/aromatic N) is 4. The van der Waals surface area contributed by atoms with Gasteiger partial charge in [0.05, 0.1) is 62.6 Å². The summed E-state index contributed by atoms with van der Waals surface area (Å²) in [5.41, 5.74) is -3.25. The Labute approximate surface area is 432 Å². The number of pyridine rings is 1. The van der Waals surface area contributed by atoms with Crippen molar-refractivity contribution in [2.75, 3.05) is 58.1 Å². The van der Waals surface area contributed by atoms with Crippen molar-refractivity contribution >= 4 is 29.8 Å². The van der Waals surface area contributed by atoms with E-state index in [0.717, 1.165) is 64.2 Å². The fourth-order valence-corrected chi connectivity index (χ4v) is 9.56. The summed E-state index contributed by atoms with van der Waals surface area (Å²) >= 11 is 0. The number of carbonyl (C=O) groups excluding carboxylic acids is 3. The summed E-state index contributed by atoms with van der Waals surface area (Å²) in [6.45, 7) is 3.75. The summed E-state index contributed by atoms with van der Waals surface area (Å²) in [6.07, 6.45) is -12.5. The number of hydrogen-bond acceptors (Lipinski definition) is 12. The van der Waals surface area contributed by atoms with Crippen LogP contribution in [0.25, 0.3) is 0 Å². The summed E-state index contributed by atoms with van der Waals surface area (Å²) in [6, 6.07) is 6.47. The number of halogens is 8. The fraction of sp³-hybridized carbons (Fsp3) is 0.549. The average molecular weight is 1080 g/mol. The van der Waals surface area contributed by atoms with Gasteiger partial charge in [0.15, 0.2) is 0 Å². The lowest BCUT2D eigenvalue weighted by atomic mass is 9.82. The second-order valence-corrected chi connectivity index (χ2v) is 20.6. The van der Waals surface area contributed by atoms with Crippen LogP contribution in [0.5, 0.6) is 0 Å². The van der Waals surface area contributed by atoms with E-state index in [-0.39, 0.29) is 24.7 Å². The number of alkyl halides is 6. The number of aliphatic hydroxyl groups is 1. The van der Waals surface area contributed by atoms with Crippen LogP contribution in [0.4, 0.5) is 50.5 Å². The third-order valence-electron chi connectivity index (χ3n) is 14.6. The number of rotatable bonds is 18. The number of aromatic nitrogens is 1. The zero-order valence-electron chi connectivity index (χ0n) is 42.2. The Morgan fingerprint density at radius 2 is 1.34 bits per heavy atom. The van der Waals surface area contributed by atoms with E-state index in [0.29, 0.717) is 67.5 Å². The highest BCUT2D eigenvalue weighted by Crippen LogP contribution is 2.42. The minimum absolute atomic E-state index is 0.154. The molecule has 414 valence electrons. The highest BCUT2D eigenvalue weighted by molar-refractivity contribution is 5.87. The van der Waals surface area contributed by atoms with Crippen LogP contribution in [0, 0.1) is 34.3 Å². The molecule has 0 saturated carbocycles. The molecule has 25 heteroatoms. The summed E-state index contributed by atoms with van der Waals surface area (Å²) in [5, 5.41) is 27.7. The molecule has 4 amide bonds. The molecule has 7 rings (SSSR count). The van der Waals surface area contributed by atoms with Crippen LogP contribution in [-0.2, 0) is 36.8 Å². The van der Waals surface area contributed by atoms with E-state index in [9.17, 15) is 55.7 Å². The second kappa shape index (κ2) is 23.1. The number of nitrogens with one attached hydrogen (secondary N) is 4. The molecule has 2 aromatic carbocycles. The van der Waals surface area contributed by atoms with E-state index >= 15 is 8.78 Å². The number of methoxy groups -OCH3 is 1. The van der Waals surface area contributed by atoms with E-state index in [1.54, 1.807) is 18.3 Å². The first kappa shape index (κ1) is 57.4. The van der Waals surface area contributed by atoms with Crippen molar-refractivity contribution in [3.8, 4) is 11.8 Å². The molecule has 5 heterocycles. The number of hydrogen-bond donors (Lipinski definition) is 6. The number of carbonyl (C=O) groups is 4. The van der Waals surface area contributed by atoms with E-state index in [1.807, 2.05) is 22.9 Å². The Morgan fingerprint density at radius 1 is 0.789 bits per heavy atom. The Kier molecular flexibility index (Phi) is 17.4. The molecular weight excluding hydrogens is 1020 g/mol. The molecule has 4 fully saturated rings. The molecular formula is C51H60F8N8O9. The molecule has 6 atom stereocenters. The average Bonchev–Trinajstić information content (AvgIpc) is 3.54. The highest BCUT2D eigenvalue weighted by Gasteiger charge is 2.57. The van der Waals surface area contributed by atoms with Gasteiger partial charge < -0.3 is 45.3 Å². The van der Waals surface area contributed by atoms with Crippen LogP contribution in [0.15, 0.2) is 54.7 Å². The normalized spacial score (nSPS) is 20.0. The number of alkyl carbamates (subject to hydrolysis) is 1. The zero-order chi connectivity index (χ0) is 55.5. The molecule has 4 aliphatic heterocycles. The first-order valence-electron chi connectivity index (χ1n) is 24.4. The first-order chi connectivity index (χ1) is 35.7. The van der Waals surface area contributed by atoms with Gasteiger partial charge in [-0.3, -0.25) is 19.9 Å². The molecule has 17 nitrogen and oxygen atoms in total. The molecule has 0 spiro atoms. The molecule has 4 aliphatic rings. The third kappa shape index (κ3) is 13.1. The minimum Gasteiger partial charge on any atom is -0.465 e. The number of anilines is 1. The predicted molar refractivity (Wildman–Crippen MR) is 256 cm³/mol. The summed E-state index contributed by atoms with van der Waals surface area (Å²) in [4.78, 5) is 61.5. The minimum atomic E-state index is -5.22. The Balaban J connectivity index is 1.15. The summed E-state index contributed by atoms with van der Waals surface area (Å²) in [7, 11) is 0.840. The van der Waals surface area contributed by atoms with Crippen molar-refractivity contribution in [1.82, 2.24) is 36.3 Å². The third-order valence-corrected chi connectivity index (χ3v) is 14.6. The quantitative estimate of drug-likeness (QED) is 0.0538. The van der Waals surface area contributed by atoms with E-state index < -0.39 is 108 Å². The van der Waals surface area contributed by atoms with Gasteiger partial charge in [-0.25, -0.2) is 28.4 Å². The second-order valence-electron chi connectivity index (χ2n) is 20.6. The van der Waals surface area contributed by atoms with Gasteiger partial charge in [-0.1, -0.05) is 24.0 Å². The van der Waals surface area contributed by atoms with Crippen molar-refractivity contribution in [1.29, 1.82) is 0 Å². The van der Waals surface area contributed by atoms with Crippen LogP contribution in [0.3, 0.4) is 0 Å². The number of aliphatic hydroxyl groups excluding tert-OH is 1. The van der Waals surface area contributed by atoms with Crippen molar-refractivity contribution in [2.24, 2.45) is 10.8 Å². The Bertz CT molecular complexity index is 2600. The molecule has 1 aromatic heterocycles. The molecule has 3 aromatic rings. The SMILES string of the molecule is COC(=O)NC(C(=O)NC(Cc1ccc(C#Cc2ccc(N3CC4CCC(C3)N4C3COC3)nc2)cc1)C(O)CN(Cc1c(F)cc(C2COC2)cc1F)NC(=O)C(NC(=O)O)C(C)(C)C(F)(F)F)C(C)(C)C(F)(F)F. The van der Waals surface area contributed by atoms with E-state index in [4.69, 9.17) is 9.47 Å². The highest BCUT2D eigenvalue weighted by atomic mass is 19.4. The van der Waals surface area contributed by atoms with Gasteiger partial charge in [-0.15, -0.1) is 0 Å². The topological polar surface area (TPSA) is 207 Å². The lowest BCUT2D eigenvalue weighted by Gasteiger charge is -2.47. The number of hydrazine groups is 1. The van der Waals surface area contributed by atoms with Crippen LogP contribution in [0.2, 0.25) is 0 Å². The Hall–Kier alpha value is -6.33. The number of carboxylic acid groups (broad SMARTS) is 1. The maximum absolute atomic E-state index is 15.8. The summed E-state index contributed by atoms with van der Waals surface area (Å²) in [5.74, 6) is 0.971. The van der Waals surface area contributed by atoms with E-state index in [2.05, 4.69) is 36.7 Å². The number of fused-ring (bicyclic) bond motifs is 2. The van der Waals surface area contributed by atoms with Crippen LogP contribution >= 0.6 is 0 Å². The lowest BCUT2D eigenvalue weighted by molar-refractivity contribution is -0.221. The van der Waals surface area contributed by atoms with E-state index in [1.165, 1.54) is 17.4 Å². The van der Waals surface area contributed by atoms with Gasteiger partial charge in [0.25, 0.3) is 5.91 Å². The lowest BCUT2D eigenvalue weighted by Crippen LogP contribution is -2.63. The number of piperazine rings is 1. The number of ether oxygens (including phenoxy) is 3. The van der Waals surface area contributed by atoms with Gasteiger partial charge in [-0.05, 0) is 94.5 Å². The largest absolute Gasteiger partial charge is 0.465 e.